The molecule has 0 aliphatic heterocycles. The molecule has 0 N–H and O–H groups in total. The molecule has 136 valence electrons. The lowest BCUT2D eigenvalue weighted by atomic mass is 9.74. The van der Waals surface area contributed by atoms with Gasteiger partial charge in [-0.25, -0.2) is 0 Å². The zero-order chi connectivity index (χ0) is 18.5. The Morgan fingerprint density at radius 3 is 1.43 bits per heavy atom. The van der Waals surface area contributed by atoms with E-state index in [1.165, 1.54) is 54.4 Å². The van der Waals surface area contributed by atoms with Crippen molar-refractivity contribution in [1.29, 1.82) is 0 Å². The molecule has 0 aromatic rings. The zero-order valence-electron chi connectivity index (χ0n) is 17.9. The van der Waals surface area contributed by atoms with Crippen molar-refractivity contribution in [1.82, 2.24) is 0 Å². The monoisotopic (exact) mass is 320 g/mol. The van der Waals surface area contributed by atoms with Gasteiger partial charge < -0.3 is 0 Å². The van der Waals surface area contributed by atoms with Crippen LogP contribution in [0.3, 0.4) is 0 Å². The van der Waals surface area contributed by atoms with Gasteiger partial charge in [0.2, 0.25) is 0 Å². The Morgan fingerprint density at radius 2 is 1.17 bits per heavy atom. The van der Waals surface area contributed by atoms with E-state index in [9.17, 15) is 0 Å². The molecule has 0 heteroatoms. The van der Waals surface area contributed by atoms with Crippen LogP contribution >= 0.6 is 0 Å². The molecule has 0 bridgehead atoms. The van der Waals surface area contributed by atoms with Crippen molar-refractivity contribution in [2.75, 3.05) is 0 Å². The molecule has 0 saturated heterocycles. The predicted octanol–water partition coefficient (Wildman–Crippen LogP) is 8.65. The summed E-state index contributed by atoms with van der Waals surface area (Å²) in [5.41, 5.74) is 6.11. The number of hydrogen-bond donors (Lipinski definition) is 0. The first-order valence-corrected chi connectivity index (χ1v) is 9.89. The minimum absolute atomic E-state index is 0.204. The fourth-order valence-electron chi connectivity index (χ4n) is 3.08. The van der Waals surface area contributed by atoms with Crippen molar-refractivity contribution in [2.45, 2.75) is 108 Å². The Balaban J connectivity index is 0. The van der Waals surface area contributed by atoms with Gasteiger partial charge in [0.15, 0.2) is 0 Å². The van der Waals surface area contributed by atoms with Crippen LogP contribution in [0.5, 0.6) is 0 Å². The van der Waals surface area contributed by atoms with E-state index in [0.29, 0.717) is 0 Å². The Bertz CT molecular complexity index is 373. The summed E-state index contributed by atoms with van der Waals surface area (Å²) >= 11 is 0. The van der Waals surface area contributed by atoms with Gasteiger partial charge in [0.05, 0.1) is 0 Å². The molecule has 0 nitrogen and oxygen atoms in total. The van der Waals surface area contributed by atoms with Crippen molar-refractivity contribution >= 4 is 0 Å². The Kier molecular flexibility index (Phi) is 14.5. The van der Waals surface area contributed by atoms with E-state index < -0.39 is 0 Å². The summed E-state index contributed by atoms with van der Waals surface area (Å²) in [5, 5.41) is 0. The molecule has 1 saturated carbocycles. The molecular weight excluding hydrogens is 276 g/mol. The summed E-state index contributed by atoms with van der Waals surface area (Å²) in [6.45, 7) is 21.5. The van der Waals surface area contributed by atoms with Gasteiger partial charge >= 0.3 is 0 Å². The van der Waals surface area contributed by atoms with Crippen LogP contribution in [0, 0.1) is 5.41 Å². The van der Waals surface area contributed by atoms with Crippen LogP contribution in [0.15, 0.2) is 34.4 Å². The van der Waals surface area contributed by atoms with Crippen LogP contribution in [0.4, 0.5) is 0 Å². The van der Waals surface area contributed by atoms with E-state index in [-0.39, 0.29) is 5.41 Å². The topological polar surface area (TPSA) is 0 Å². The molecular formula is C23H44. The lowest BCUT2D eigenvalue weighted by Gasteiger charge is -2.30. The minimum atomic E-state index is 0.204. The average molecular weight is 321 g/mol. The number of rotatable bonds is 2. The minimum Gasteiger partial charge on any atom is -0.0775 e. The van der Waals surface area contributed by atoms with Crippen molar-refractivity contribution in [3.8, 4) is 0 Å². The molecule has 23 heavy (non-hydrogen) atoms. The normalized spacial score (nSPS) is 15.7. The van der Waals surface area contributed by atoms with Crippen molar-refractivity contribution in [2.24, 2.45) is 5.41 Å². The molecule has 0 radical (unpaired) electrons. The molecule has 0 aromatic heterocycles. The number of allylic oxidation sites excluding steroid dienone is 6. The van der Waals surface area contributed by atoms with E-state index in [2.05, 4.69) is 53.7 Å². The van der Waals surface area contributed by atoms with Crippen LogP contribution in [-0.4, -0.2) is 0 Å². The van der Waals surface area contributed by atoms with E-state index >= 15 is 0 Å². The van der Waals surface area contributed by atoms with Crippen LogP contribution in [0.2, 0.25) is 0 Å². The first-order chi connectivity index (χ1) is 10.9. The molecule has 0 heterocycles. The number of hydrogen-bond acceptors (Lipinski definition) is 0. The smallest absolute Gasteiger partial charge is 0.0104 e. The van der Waals surface area contributed by atoms with Crippen LogP contribution < -0.4 is 0 Å². The van der Waals surface area contributed by atoms with E-state index in [4.69, 9.17) is 0 Å². The van der Waals surface area contributed by atoms with Gasteiger partial charge in [0, 0.05) is 5.41 Å². The average Bonchev–Trinajstić information content (AvgIpc) is 3.24. The lowest BCUT2D eigenvalue weighted by molar-refractivity contribution is 0.540. The highest BCUT2D eigenvalue weighted by atomic mass is 14.3. The maximum absolute atomic E-state index is 2.36. The quantitative estimate of drug-likeness (QED) is 0.446. The van der Waals surface area contributed by atoms with Crippen LogP contribution in [0.1, 0.15) is 108 Å². The molecule has 2 aliphatic rings. The highest BCUT2D eigenvalue weighted by Crippen LogP contribution is 2.42. The summed E-state index contributed by atoms with van der Waals surface area (Å²) in [4.78, 5) is 0. The van der Waals surface area contributed by atoms with Gasteiger partial charge in [-0.1, -0.05) is 103 Å². The maximum Gasteiger partial charge on any atom is 0.0104 e. The SMILES string of the molecule is C1CCCC1.CC.CC.CC1=CCC=C1C(C)(C)C(C)=C(C)C. The van der Waals surface area contributed by atoms with Crippen LogP contribution in [0.25, 0.3) is 0 Å². The third-order valence-electron chi connectivity index (χ3n) is 4.78. The van der Waals surface area contributed by atoms with Crippen molar-refractivity contribution < 1.29 is 0 Å². The Hall–Kier alpha value is -0.780. The van der Waals surface area contributed by atoms with Gasteiger partial charge in [-0.15, -0.1) is 0 Å². The molecule has 0 atom stereocenters. The maximum atomic E-state index is 2.36. The Labute approximate surface area is 148 Å². The first kappa shape index (κ1) is 24.5. The van der Waals surface area contributed by atoms with Gasteiger partial charge in [-0.05, 0) is 39.7 Å². The fraction of sp³-hybridized carbons (Fsp3) is 0.739. The van der Waals surface area contributed by atoms with Crippen molar-refractivity contribution in [3.05, 3.63) is 34.4 Å². The summed E-state index contributed by atoms with van der Waals surface area (Å²) in [5.74, 6) is 0. The predicted molar refractivity (Wildman–Crippen MR) is 110 cm³/mol. The third-order valence-corrected chi connectivity index (χ3v) is 4.78. The molecule has 0 aromatic carbocycles. The molecule has 0 spiro atoms. The van der Waals surface area contributed by atoms with Gasteiger partial charge in [0.1, 0.15) is 0 Å². The van der Waals surface area contributed by atoms with Gasteiger partial charge in [0.25, 0.3) is 0 Å². The van der Waals surface area contributed by atoms with E-state index in [1.807, 2.05) is 27.7 Å². The van der Waals surface area contributed by atoms with E-state index in [1.54, 1.807) is 0 Å². The van der Waals surface area contributed by atoms with Gasteiger partial charge in [-0.3, -0.25) is 0 Å². The molecule has 2 aliphatic carbocycles. The molecule has 1 fully saturated rings. The second-order valence-electron chi connectivity index (χ2n) is 6.76. The summed E-state index contributed by atoms with van der Waals surface area (Å²) in [6, 6.07) is 0. The lowest BCUT2D eigenvalue weighted by Crippen LogP contribution is -2.17. The molecule has 2 rings (SSSR count). The van der Waals surface area contributed by atoms with E-state index in [0.717, 1.165) is 6.42 Å². The Morgan fingerprint density at radius 1 is 0.783 bits per heavy atom. The second-order valence-corrected chi connectivity index (χ2v) is 6.76. The third kappa shape index (κ3) is 8.58. The summed E-state index contributed by atoms with van der Waals surface area (Å²) in [6.07, 6.45) is 13.3. The zero-order valence-corrected chi connectivity index (χ0v) is 17.9. The highest BCUT2D eigenvalue weighted by Gasteiger charge is 2.27. The van der Waals surface area contributed by atoms with Gasteiger partial charge in [-0.2, -0.15) is 0 Å². The second kappa shape index (κ2) is 13.6. The standard InChI is InChI=1S/C14H22.C5H10.2C2H6/c1-10(2)12(4)14(5,6)13-9-7-8-11(13)3;1-2-4-5-3-1;2*1-2/h8-9H,7H2,1-6H3;1-5H2;2*1-2H3. The fourth-order valence-corrected chi connectivity index (χ4v) is 3.08. The first-order valence-electron chi connectivity index (χ1n) is 9.89. The van der Waals surface area contributed by atoms with Crippen LogP contribution in [-0.2, 0) is 0 Å². The largest absolute Gasteiger partial charge is 0.0775 e. The highest BCUT2D eigenvalue weighted by molar-refractivity contribution is 5.44. The van der Waals surface area contributed by atoms with Crippen molar-refractivity contribution in [3.63, 3.8) is 0 Å². The molecule has 0 amide bonds. The summed E-state index contributed by atoms with van der Waals surface area (Å²) in [7, 11) is 0. The molecule has 0 unspecified atom stereocenters. The summed E-state index contributed by atoms with van der Waals surface area (Å²) < 4.78 is 0.